The van der Waals surface area contributed by atoms with Crippen LogP contribution in [0.15, 0.2) is 18.2 Å². The Morgan fingerprint density at radius 1 is 1.26 bits per heavy atom. The van der Waals surface area contributed by atoms with Crippen molar-refractivity contribution >= 4 is 0 Å². The van der Waals surface area contributed by atoms with Gasteiger partial charge < -0.3 is 14.2 Å². The van der Waals surface area contributed by atoms with Gasteiger partial charge >= 0.3 is 0 Å². The fraction of sp³-hybridized carbons (Fsp3) is 0.500. The zero-order valence-electron chi connectivity index (χ0n) is 11.3. The molecule has 0 saturated carbocycles. The third-order valence-corrected chi connectivity index (χ3v) is 3.26. The van der Waals surface area contributed by atoms with Gasteiger partial charge in [-0.05, 0) is 18.2 Å². The van der Waals surface area contributed by atoms with Crippen LogP contribution in [0.25, 0.3) is 0 Å². The minimum atomic E-state index is -0.339. The SMILES string of the molecule is COc1ccc(OC)c(C(C#N)N2CCOCC2)c1. The normalized spacial score (nSPS) is 17.5. The van der Waals surface area contributed by atoms with Gasteiger partial charge in [0.2, 0.25) is 0 Å². The lowest BCUT2D eigenvalue weighted by Gasteiger charge is -2.31. The third kappa shape index (κ3) is 2.98. The predicted octanol–water partition coefficient (Wildman–Crippen LogP) is 1.60. The summed E-state index contributed by atoms with van der Waals surface area (Å²) < 4.78 is 15.9. The van der Waals surface area contributed by atoms with E-state index in [1.165, 1.54) is 0 Å². The number of hydrogen-bond donors (Lipinski definition) is 0. The molecule has 1 heterocycles. The van der Waals surface area contributed by atoms with Gasteiger partial charge in [-0.1, -0.05) is 0 Å². The minimum absolute atomic E-state index is 0.339. The van der Waals surface area contributed by atoms with Crippen LogP contribution in [-0.2, 0) is 4.74 Å². The average molecular weight is 262 g/mol. The van der Waals surface area contributed by atoms with Crippen molar-refractivity contribution in [3.05, 3.63) is 23.8 Å². The molecule has 0 bridgehead atoms. The van der Waals surface area contributed by atoms with Crippen LogP contribution in [0.4, 0.5) is 0 Å². The molecule has 0 aromatic heterocycles. The van der Waals surface area contributed by atoms with Crippen molar-refractivity contribution in [1.29, 1.82) is 5.26 Å². The Morgan fingerprint density at radius 2 is 2.00 bits per heavy atom. The molecule has 5 heteroatoms. The largest absolute Gasteiger partial charge is 0.497 e. The Hall–Kier alpha value is -1.77. The van der Waals surface area contributed by atoms with Crippen LogP contribution in [0.1, 0.15) is 11.6 Å². The van der Waals surface area contributed by atoms with Crippen molar-refractivity contribution in [2.45, 2.75) is 6.04 Å². The molecule has 0 radical (unpaired) electrons. The van der Waals surface area contributed by atoms with Gasteiger partial charge in [0.05, 0.1) is 33.5 Å². The molecule has 0 aliphatic carbocycles. The molecule has 0 amide bonds. The topological polar surface area (TPSA) is 54.7 Å². The first-order chi connectivity index (χ1) is 9.30. The second-order valence-corrected chi connectivity index (χ2v) is 4.29. The highest BCUT2D eigenvalue weighted by Gasteiger charge is 2.25. The summed E-state index contributed by atoms with van der Waals surface area (Å²) in [5, 5.41) is 9.49. The first-order valence-corrected chi connectivity index (χ1v) is 6.23. The molecule has 1 atom stereocenters. The van der Waals surface area contributed by atoms with Crippen molar-refractivity contribution in [2.75, 3.05) is 40.5 Å². The first kappa shape index (κ1) is 13.7. The van der Waals surface area contributed by atoms with E-state index in [1.807, 2.05) is 18.2 Å². The molecule has 1 aliphatic rings. The van der Waals surface area contributed by atoms with Crippen molar-refractivity contribution in [1.82, 2.24) is 4.90 Å². The molecule has 1 aromatic rings. The summed E-state index contributed by atoms with van der Waals surface area (Å²) in [6, 6.07) is 7.53. The average Bonchev–Trinajstić information content (AvgIpc) is 2.49. The Balaban J connectivity index is 2.33. The third-order valence-electron chi connectivity index (χ3n) is 3.26. The quantitative estimate of drug-likeness (QED) is 0.825. The Labute approximate surface area is 113 Å². The second-order valence-electron chi connectivity index (χ2n) is 4.29. The van der Waals surface area contributed by atoms with Crippen molar-refractivity contribution in [3.8, 4) is 17.6 Å². The molecule has 1 aliphatic heterocycles. The second kappa shape index (κ2) is 6.41. The van der Waals surface area contributed by atoms with Gasteiger partial charge in [0.25, 0.3) is 0 Å². The summed E-state index contributed by atoms with van der Waals surface area (Å²) in [6.07, 6.45) is 0. The van der Waals surface area contributed by atoms with E-state index in [4.69, 9.17) is 14.2 Å². The highest BCUT2D eigenvalue weighted by Crippen LogP contribution is 2.32. The molecule has 0 spiro atoms. The number of ether oxygens (including phenoxy) is 3. The van der Waals surface area contributed by atoms with Gasteiger partial charge in [-0.15, -0.1) is 0 Å². The Kier molecular flexibility index (Phi) is 4.61. The Morgan fingerprint density at radius 3 is 2.58 bits per heavy atom. The van der Waals surface area contributed by atoms with E-state index in [-0.39, 0.29) is 6.04 Å². The van der Waals surface area contributed by atoms with Crippen LogP contribution in [0.5, 0.6) is 11.5 Å². The molecule has 102 valence electrons. The summed E-state index contributed by atoms with van der Waals surface area (Å²) in [5.41, 5.74) is 0.839. The summed E-state index contributed by atoms with van der Waals surface area (Å²) in [7, 11) is 3.22. The highest BCUT2D eigenvalue weighted by atomic mass is 16.5. The standard InChI is InChI=1S/C14H18N2O3/c1-17-11-3-4-14(18-2)12(9-11)13(10-15)16-5-7-19-8-6-16/h3-4,9,13H,5-8H2,1-2H3. The molecule has 1 unspecified atom stereocenters. The lowest BCUT2D eigenvalue weighted by atomic mass is 10.0. The molecule has 1 aromatic carbocycles. The van der Waals surface area contributed by atoms with Crippen molar-refractivity contribution in [2.24, 2.45) is 0 Å². The number of morpholine rings is 1. The maximum atomic E-state index is 9.49. The van der Waals surface area contributed by atoms with Crippen molar-refractivity contribution in [3.63, 3.8) is 0 Å². The lowest BCUT2D eigenvalue weighted by molar-refractivity contribution is 0.0262. The zero-order valence-corrected chi connectivity index (χ0v) is 11.3. The van der Waals surface area contributed by atoms with Crippen molar-refractivity contribution < 1.29 is 14.2 Å². The number of methoxy groups -OCH3 is 2. The van der Waals surface area contributed by atoms with Crippen LogP contribution in [0.2, 0.25) is 0 Å². The van der Waals surface area contributed by atoms with E-state index in [0.717, 1.165) is 24.4 Å². The molecule has 1 fully saturated rings. The molecule has 0 N–H and O–H groups in total. The van der Waals surface area contributed by atoms with Gasteiger partial charge in [0.15, 0.2) is 0 Å². The van der Waals surface area contributed by atoms with Crippen LogP contribution in [0, 0.1) is 11.3 Å². The van der Waals surface area contributed by atoms with E-state index in [2.05, 4.69) is 11.0 Å². The van der Waals surface area contributed by atoms with Crippen LogP contribution >= 0.6 is 0 Å². The predicted molar refractivity (Wildman–Crippen MR) is 70.3 cm³/mol. The van der Waals surface area contributed by atoms with Gasteiger partial charge in [0, 0.05) is 18.7 Å². The maximum Gasteiger partial charge on any atom is 0.127 e. The van der Waals surface area contributed by atoms with Crippen LogP contribution in [0.3, 0.4) is 0 Å². The highest BCUT2D eigenvalue weighted by molar-refractivity contribution is 5.44. The summed E-state index contributed by atoms with van der Waals surface area (Å²) >= 11 is 0. The van der Waals surface area contributed by atoms with E-state index >= 15 is 0 Å². The number of rotatable bonds is 4. The molecule has 2 rings (SSSR count). The monoisotopic (exact) mass is 262 g/mol. The van der Waals surface area contributed by atoms with E-state index in [9.17, 15) is 5.26 Å². The first-order valence-electron chi connectivity index (χ1n) is 6.23. The van der Waals surface area contributed by atoms with Gasteiger partial charge in [-0.3, -0.25) is 4.90 Å². The van der Waals surface area contributed by atoms with Gasteiger partial charge in [0.1, 0.15) is 17.5 Å². The molecule has 19 heavy (non-hydrogen) atoms. The molecule has 5 nitrogen and oxygen atoms in total. The Bertz CT molecular complexity index is 464. The van der Waals surface area contributed by atoms with E-state index < -0.39 is 0 Å². The van der Waals surface area contributed by atoms with Gasteiger partial charge in [-0.25, -0.2) is 0 Å². The van der Waals surface area contributed by atoms with Gasteiger partial charge in [-0.2, -0.15) is 5.26 Å². The minimum Gasteiger partial charge on any atom is -0.497 e. The fourth-order valence-corrected chi connectivity index (χ4v) is 2.24. The summed E-state index contributed by atoms with van der Waals surface area (Å²) in [6.45, 7) is 2.81. The van der Waals surface area contributed by atoms with E-state index in [0.29, 0.717) is 19.0 Å². The molecular formula is C14H18N2O3. The summed E-state index contributed by atoms with van der Waals surface area (Å²) in [4.78, 5) is 2.10. The fourth-order valence-electron chi connectivity index (χ4n) is 2.24. The van der Waals surface area contributed by atoms with Crippen LogP contribution < -0.4 is 9.47 Å². The number of benzene rings is 1. The molecular weight excluding hydrogens is 244 g/mol. The molecule has 1 saturated heterocycles. The summed E-state index contributed by atoms with van der Waals surface area (Å²) in [5.74, 6) is 1.43. The number of hydrogen-bond acceptors (Lipinski definition) is 5. The maximum absolute atomic E-state index is 9.49. The smallest absolute Gasteiger partial charge is 0.127 e. The zero-order chi connectivity index (χ0) is 13.7. The lowest BCUT2D eigenvalue weighted by Crippen LogP contribution is -2.38. The van der Waals surface area contributed by atoms with E-state index in [1.54, 1.807) is 14.2 Å². The number of nitrogens with zero attached hydrogens (tertiary/aromatic N) is 2. The number of nitriles is 1. The van der Waals surface area contributed by atoms with Crippen LogP contribution in [-0.4, -0.2) is 45.4 Å².